The average Bonchev–Trinajstić information content (AvgIpc) is 3.11. The molecule has 0 bridgehead atoms. The van der Waals surface area contributed by atoms with E-state index in [4.69, 9.17) is 4.74 Å². The van der Waals surface area contributed by atoms with Gasteiger partial charge in [-0.2, -0.15) is 0 Å². The van der Waals surface area contributed by atoms with Gasteiger partial charge in [0.05, 0.1) is 19.3 Å². The first-order chi connectivity index (χ1) is 12.0. The van der Waals surface area contributed by atoms with Crippen LogP contribution in [0.15, 0.2) is 24.3 Å². The number of aliphatic hydroxyl groups excluding tert-OH is 2. The van der Waals surface area contributed by atoms with E-state index in [9.17, 15) is 10.2 Å². The molecule has 1 saturated carbocycles. The van der Waals surface area contributed by atoms with Crippen molar-refractivity contribution in [3.63, 3.8) is 0 Å². The SMILES string of the molecule is COc1cc2c(cc1C)C13CCN4CC=CC(C(O)C(O)C1N2C)C43. The van der Waals surface area contributed by atoms with Crippen molar-refractivity contribution in [2.75, 3.05) is 32.1 Å². The van der Waals surface area contributed by atoms with E-state index >= 15 is 0 Å². The van der Waals surface area contributed by atoms with E-state index < -0.39 is 12.2 Å². The number of fused-ring (bicyclic) bond motifs is 1. The Balaban J connectivity index is 1.77. The van der Waals surface area contributed by atoms with Gasteiger partial charge in [-0.1, -0.05) is 12.2 Å². The van der Waals surface area contributed by atoms with Gasteiger partial charge in [0, 0.05) is 42.7 Å². The first kappa shape index (κ1) is 15.7. The summed E-state index contributed by atoms with van der Waals surface area (Å²) in [6.07, 6.45) is 3.82. The van der Waals surface area contributed by atoms with Crippen LogP contribution in [0.5, 0.6) is 5.75 Å². The van der Waals surface area contributed by atoms with Crippen LogP contribution in [0.1, 0.15) is 17.5 Å². The fraction of sp³-hybridized carbons (Fsp3) is 0.600. The standard InChI is InChI=1S/C20H26N2O3/c1-11-9-13-14(10-15(11)25-3)21(2)19-17(24)16(23)12-5-4-7-22-8-6-20(13,19)18(12)22/h4-5,9-10,12,16-19,23-24H,6-8H2,1-3H3. The lowest BCUT2D eigenvalue weighted by Gasteiger charge is -2.54. The van der Waals surface area contributed by atoms with Gasteiger partial charge >= 0.3 is 0 Å². The van der Waals surface area contributed by atoms with Crippen molar-refractivity contribution in [3.05, 3.63) is 35.4 Å². The van der Waals surface area contributed by atoms with Crippen molar-refractivity contribution < 1.29 is 14.9 Å². The highest BCUT2D eigenvalue weighted by Gasteiger charge is 2.67. The summed E-state index contributed by atoms with van der Waals surface area (Å²) in [5.41, 5.74) is 3.45. The summed E-state index contributed by atoms with van der Waals surface area (Å²) in [6, 6.07) is 4.51. The first-order valence-corrected chi connectivity index (χ1v) is 9.19. The highest BCUT2D eigenvalue weighted by molar-refractivity contribution is 5.70. The summed E-state index contributed by atoms with van der Waals surface area (Å²) in [4.78, 5) is 4.68. The molecule has 4 aliphatic rings. The van der Waals surface area contributed by atoms with Gasteiger partial charge in [-0.3, -0.25) is 4.90 Å². The topological polar surface area (TPSA) is 56.2 Å². The molecule has 0 aromatic heterocycles. The summed E-state index contributed by atoms with van der Waals surface area (Å²) < 4.78 is 5.54. The molecular formula is C20H26N2O3. The van der Waals surface area contributed by atoms with Gasteiger partial charge < -0.3 is 19.8 Å². The van der Waals surface area contributed by atoms with Crippen LogP contribution in [0.4, 0.5) is 5.69 Å². The number of likely N-dealkylation sites (N-methyl/N-ethyl adjacent to an activating group) is 1. The number of rotatable bonds is 1. The van der Waals surface area contributed by atoms with Gasteiger partial charge in [0.1, 0.15) is 11.9 Å². The van der Waals surface area contributed by atoms with E-state index in [1.807, 2.05) is 7.05 Å². The van der Waals surface area contributed by atoms with E-state index in [0.29, 0.717) is 0 Å². The van der Waals surface area contributed by atoms with E-state index in [2.05, 4.69) is 41.0 Å². The molecule has 6 atom stereocenters. The maximum Gasteiger partial charge on any atom is 0.123 e. The van der Waals surface area contributed by atoms with E-state index in [1.54, 1.807) is 7.11 Å². The second-order valence-electron chi connectivity index (χ2n) is 8.11. The lowest BCUT2D eigenvalue weighted by atomic mass is 9.58. The minimum absolute atomic E-state index is 0.00995. The summed E-state index contributed by atoms with van der Waals surface area (Å²) in [5, 5.41) is 21.9. The molecule has 0 radical (unpaired) electrons. The molecular weight excluding hydrogens is 316 g/mol. The van der Waals surface area contributed by atoms with Crippen molar-refractivity contribution in [1.29, 1.82) is 0 Å². The molecule has 134 valence electrons. The number of aryl methyl sites for hydroxylation is 1. The molecule has 5 heteroatoms. The van der Waals surface area contributed by atoms with Crippen LogP contribution in [0.25, 0.3) is 0 Å². The van der Waals surface area contributed by atoms with Gasteiger partial charge in [-0.25, -0.2) is 0 Å². The molecule has 2 N–H and O–H groups in total. The highest BCUT2D eigenvalue weighted by atomic mass is 16.5. The minimum Gasteiger partial charge on any atom is -0.496 e. The Kier molecular flexibility index (Phi) is 3.13. The Morgan fingerprint density at radius 2 is 2.00 bits per heavy atom. The van der Waals surface area contributed by atoms with Crippen molar-refractivity contribution in [2.24, 2.45) is 5.92 Å². The Hall–Kier alpha value is -1.56. The molecule has 1 aliphatic carbocycles. The molecule has 1 aromatic rings. The van der Waals surface area contributed by atoms with Crippen LogP contribution >= 0.6 is 0 Å². The third-order valence-corrected chi connectivity index (χ3v) is 7.20. The molecule has 2 fully saturated rings. The Bertz CT molecular complexity index is 764. The van der Waals surface area contributed by atoms with Gasteiger partial charge in [0.15, 0.2) is 0 Å². The van der Waals surface area contributed by atoms with Crippen LogP contribution in [0.3, 0.4) is 0 Å². The third-order valence-electron chi connectivity index (χ3n) is 7.20. The van der Waals surface area contributed by atoms with Crippen LogP contribution < -0.4 is 9.64 Å². The lowest BCUT2D eigenvalue weighted by molar-refractivity contribution is -0.0912. The number of methoxy groups -OCH3 is 1. The molecule has 6 unspecified atom stereocenters. The molecule has 5 rings (SSSR count). The maximum absolute atomic E-state index is 11.1. The quantitative estimate of drug-likeness (QED) is 0.748. The van der Waals surface area contributed by atoms with E-state index in [0.717, 1.165) is 36.5 Å². The van der Waals surface area contributed by atoms with Crippen LogP contribution in [0.2, 0.25) is 0 Å². The Morgan fingerprint density at radius 3 is 2.76 bits per heavy atom. The molecule has 1 aromatic carbocycles. The van der Waals surface area contributed by atoms with Crippen LogP contribution in [-0.2, 0) is 5.41 Å². The number of hydrogen-bond donors (Lipinski definition) is 2. The smallest absolute Gasteiger partial charge is 0.123 e. The molecule has 25 heavy (non-hydrogen) atoms. The first-order valence-electron chi connectivity index (χ1n) is 9.19. The molecule has 5 nitrogen and oxygen atoms in total. The van der Waals surface area contributed by atoms with Gasteiger partial charge in [0.2, 0.25) is 0 Å². The van der Waals surface area contributed by atoms with Gasteiger partial charge in [-0.05, 0) is 37.1 Å². The molecule has 3 aliphatic heterocycles. The minimum atomic E-state index is -0.757. The second kappa shape index (κ2) is 5.00. The Morgan fingerprint density at radius 1 is 1.20 bits per heavy atom. The fourth-order valence-corrected chi connectivity index (χ4v) is 6.27. The number of ether oxygens (including phenoxy) is 1. The lowest BCUT2D eigenvalue weighted by Crippen LogP contribution is -2.69. The number of nitrogens with zero attached hydrogens (tertiary/aromatic N) is 2. The summed E-state index contributed by atoms with van der Waals surface area (Å²) in [7, 11) is 3.75. The fourth-order valence-electron chi connectivity index (χ4n) is 6.27. The average molecular weight is 342 g/mol. The summed E-state index contributed by atoms with van der Waals surface area (Å²) >= 11 is 0. The summed E-state index contributed by atoms with van der Waals surface area (Å²) in [6.45, 7) is 4.04. The predicted molar refractivity (Wildman–Crippen MR) is 96.2 cm³/mol. The summed E-state index contributed by atoms with van der Waals surface area (Å²) in [5.74, 6) is 0.870. The number of anilines is 1. The largest absolute Gasteiger partial charge is 0.496 e. The normalized spacial score (nSPS) is 41.5. The van der Waals surface area contributed by atoms with Crippen molar-refractivity contribution >= 4 is 5.69 Å². The maximum atomic E-state index is 11.1. The molecule has 1 spiro atoms. The zero-order chi connectivity index (χ0) is 17.5. The Labute approximate surface area is 148 Å². The molecule has 1 saturated heterocycles. The predicted octanol–water partition coefficient (Wildman–Crippen LogP) is 1.06. The zero-order valence-corrected chi connectivity index (χ0v) is 15.0. The van der Waals surface area contributed by atoms with Crippen molar-refractivity contribution in [2.45, 2.75) is 43.1 Å². The third kappa shape index (κ3) is 1.69. The molecule has 3 heterocycles. The highest BCUT2D eigenvalue weighted by Crippen LogP contribution is 2.60. The van der Waals surface area contributed by atoms with Crippen LogP contribution in [0, 0.1) is 12.8 Å². The van der Waals surface area contributed by atoms with Crippen molar-refractivity contribution in [3.8, 4) is 5.75 Å². The van der Waals surface area contributed by atoms with Crippen LogP contribution in [-0.4, -0.2) is 66.7 Å². The number of aliphatic hydroxyl groups is 2. The molecule has 0 amide bonds. The number of hydrogen-bond acceptors (Lipinski definition) is 5. The van der Waals surface area contributed by atoms with Crippen molar-refractivity contribution in [1.82, 2.24) is 4.90 Å². The monoisotopic (exact) mass is 342 g/mol. The van der Waals surface area contributed by atoms with E-state index in [-0.39, 0.29) is 23.4 Å². The van der Waals surface area contributed by atoms with E-state index in [1.165, 1.54) is 5.56 Å². The number of benzene rings is 1. The second-order valence-corrected chi connectivity index (χ2v) is 8.11. The van der Waals surface area contributed by atoms with Gasteiger partial charge in [-0.15, -0.1) is 0 Å². The zero-order valence-electron chi connectivity index (χ0n) is 15.0. The van der Waals surface area contributed by atoms with Gasteiger partial charge in [0.25, 0.3) is 0 Å².